The first kappa shape index (κ1) is 15.0. The van der Waals surface area contributed by atoms with E-state index in [1.165, 1.54) is 0 Å². The van der Waals surface area contributed by atoms with Gasteiger partial charge in [-0.25, -0.2) is 0 Å². The van der Waals surface area contributed by atoms with E-state index in [0.29, 0.717) is 0 Å². The Hall–Kier alpha value is -1.06. The molecule has 1 fully saturated rings. The number of rotatable bonds is 4. The Kier molecular flexibility index (Phi) is 4.41. The summed E-state index contributed by atoms with van der Waals surface area (Å²) in [6, 6.07) is 0. The smallest absolute Gasteiger partial charge is 0.399 e. The number of hydrogen-bond donors (Lipinski definition) is 0. The summed E-state index contributed by atoms with van der Waals surface area (Å²) < 4.78 is 11.8. The highest BCUT2D eigenvalue weighted by atomic mass is 16.7. The van der Waals surface area contributed by atoms with Gasteiger partial charge in [0, 0.05) is 0 Å². The molecule has 0 saturated carbocycles. The maximum Gasteiger partial charge on any atom is 0.494 e. The molecule has 0 spiro atoms. The van der Waals surface area contributed by atoms with Crippen LogP contribution in [0.4, 0.5) is 0 Å². The molecule has 1 aliphatic rings. The molecule has 2 nitrogen and oxygen atoms in total. The van der Waals surface area contributed by atoms with Gasteiger partial charge in [0.25, 0.3) is 0 Å². The molecule has 18 heavy (non-hydrogen) atoms. The molecule has 3 heteroatoms. The highest BCUT2D eigenvalue weighted by Crippen LogP contribution is 2.38. The van der Waals surface area contributed by atoms with Crippen LogP contribution < -0.4 is 0 Å². The largest absolute Gasteiger partial charge is 0.494 e. The Bertz CT molecular complexity index is 387. The molecule has 0 atom stereocenters. The van der Waals surface area contributed by atoms with Crippen molar-refractivity contribution in [2.75, 3.05) is 0 Å². The van der Waals surface area contributed by atoms with Crippen LogP contribution in [0, 0.1) is 0 Å². The van der Waals surface area contributed by atoms with E-state index in [0.717, 1.165) is 11.0 Å². The van der Waals surface area contributed by atoms with Gasteiger partial charge in [0.05, 0.1) is 11.2 Å². The lowest BCUT2D eigenvalue weighted by Crippen LogP contribution is -2.41. The highest BCUT2D eigenvalue weighted by molar-refractivity contribution is 6.55. The summed E-state index contributed by atoms with van der Waals surface area (Å²) in [5.41, 5.74) is 1.29. The molecule has 0 aromatic rings. The van der Waals surface area contributed by atoms with Gasteiger partial charge in [0.1, 0.15) is 0 Å². The van der Waals surface area contributed by atoms with Crippen molar-refractivity contribution in [3.8, 4) is 0 Å². The minimum absolute atomic E-state index is 0.320. The lowest BCUT2D eigenvalue weighted by Gasteiger charge is -2.32. The third-order valence-corrected chi connectivity index (χ3v) is 3.46. The Balaban J connectivity index is 2.77. The molecule has 0 aromatic heterocycles. The van der Waals surface area contributed by atoms with Crippen molar-refractivity contribution in [3.63, 3.8) is 0 Å². The van der Waals surface area contributed by atoms with E-state index in [9.17, 15) is 0 Å². The maximum atomic E-state index is 5.92. The second kappa shape index (κ2) is 5.29. The lowest BCUT2D eigenvalue weighted by molar-refractivity contribution is 0.00578. The third kappa shape index (κ3) is 3.24. The number of hydrogen-bond acceptors (Lipinski definition) is 2. The van der Waals surface area contributed by atoms with Gasteiger partial charge in [0.2, 0.25) is 0 Å². The summed E-state index contributed by atoms with van der Waals surface area (Å²) in [4.78, 5) is 0. The molecule has 1 saturated heterocycles. The zero-order valence-corrected chi connectivity index (χ0v) is 12.1. The molecule has 0 radical (unpaired) electrons. The zero-order valence-electron chi connectivity index (χ0n) is 12.1. The van der Waals surface area contributed by atoms with Crippen LogP contribution in [0.3, 0.4) is 0 Å². The molecule has 0 amide bonds. The first-order chi connectivity index (χ1) is 8.19. The van der Waals surface area contributed by atoms with E-state index >= 15 is 0 Å². The Labute approximate surface area is 111 Å². The minimum Gasteiger partial charge on any atom is -0.399 e. The summed E-state index contributed by atoms with van der Waals surface area (Å²) >= 11 is 0. The van der Waals surface area contributed by atoms with Crippen LogP contribution in [0.15, 0.2) is 48.5 Å². The van der Waals surface area contributed by atoms with E-state index in [2.05, 4.69) is 13.2 Å². The van der Waals surface area contributed by atoms with Crippen LogP contribution in [0.25, 0.3) is 0 Å². The standard InChI is InChI=1S/C15H23BO2/c1-8-9-10-12(2)11-13(3)16-17-14(4,5)15(6,7)18-16/h8-11H,1,3H2,2,4-7H3/b10-9+,12-11+. The fourth-order valence-electron chi connectivity index (χ4n) is 1.62. The Morgan fingerprint density at radius 2 is 1.61 bits per heavy atom. The zero-order chi connectivity index (χ0) is 14.0. The first-order valence-electron chi connectivity index (χ1n) is 6.21. The topological polar surface area (TPSA) is 18.5 Å². The maximum absolute atomic E-state index is 5.92. The molecule has 0 aromatic carbocycles. The SMILES string of the molecule is C=C/C=C/C(C)=C/C(=C)B1OC(C)(C)C(C)(C)O1. The lowest BCUT2D eigenvalue weighted by atomic mass is 9.78. The van der Waals surface area contributed by atoms with Crippen LogP contribution in [-0.4, -0.2) is 18.3 Å². The van der Waals surface area contributed by atoms with Gasteiger partial charge in [-0.2, -0.15) is 0 Å². The van der Waals surface area contributed by atoms with E-state index in [1.807, 2.05) is 52.8 Å². The summed E-state index contributed by atoms with van der Waals surface area (Å²) in [6.07, 6.45) is 7.59. The molecule has 98 valence electrons. The molecule has 0 aliphatic carbocycles. The van der Waals surface area contributed by atoms with Crippen LogP contribution in [-0.2, 0) is 9.31 Å². The molecule has 1 heterocycles. The fraction of sp³-hybridized carbons (Fsp3) is 0.467. The van der Waals surface area contributed by atoms with Gasteiger partial charge >= 0.3 is 7.12 Å². The second-order valence-corrected chi connectivity index (χ2v) is 5.65. The van der Waals surface area contributed by atoms with Crippen LogP contribution in [0.1, 0.15) is 34.6 Å². The van der Waals surface area contributed by atoms with E-state index < -0.39 is 0 Å². The van der Waals surface area contributed by atoms with Crippen LogP contribution >= 0.6 is 0 Å². The van der Waals surface area contributed by atoms with Crippen molar-refractivity contribution in [2.24, 2.45) is 0 Å². The van der Waals surface area contributed by atoms with Crippen molar-refractivity contribution in [1.29, 1.82) is 0 Å². The normalized spacial score (nSPS) is 22.5. The van der Waals surface area contributed by atoms with Crippen molar-refractivity contribution in [2.45, 2.75) is 45.8 Å². The van der Waals surface area contributed by atoms with Crippen molar-refractivity contribution in [1.82, 2.24) is 0 Å². The van der Waals surface area contributed by atoms with Crippen molar-refractivity contribution >= 4 is 7.12 Å². The molecule has 1 rings (SSSR count). The van der Waals surface area contributed by atoms with E-state index in [4.69, 9.17) is 9.31 Å². The number of allylic oxidation sites excluding steroid dienone is 6. The Morgan fingerprint density at radius 1 is 1.11 bits per heavy atom. The minimum atomic E-state index is -0.373. The monoisotopic (exact) mass is 246 g/mol. The molecule has 0 N–H and O–H groups in total. The van der Waals surface area contributed by atoms with Crippen LogP contribution in [0.2, 0.25) is 0 Å². The molecule has 0 bridgehead atoms. The average Bonchev–Trinajstić information content (AvgIpc) is 2.45. The van der Waals surface area contributed by atoms with Gasteiger partial charge in [-0.05, 0) is 40.1 Å². The summed E-state index contributed by atoms with van der Waals surface area (Å²) in [7, 11) is -0.373. The van der Waals surface area contributed by atoms with Gasteiger partial charge in [-0.15, -0.1) is 0 Å². The predicted octanol–water partition coefficient (Wildman–Crippen LogP) is 3.86. The molecule has 0 unspecified atom stereocenters. The summed E-state index contributed by atoms with van der Waals surface area (Å²) in [5, 5.41) is 0. The van der Waals surface area contributed by atoms with Gasteiger partial charge < -0.3 is 9.31 Å². The summed E-state index contributed by atoms with van der Waals surface area (Å²) in [6.45, 7) is 17.8. The average molecular weight is 246 g/mol. The Morgan fingerprint density at radius 3 is 2.06 bits per heavy atom. The van der Waals surface area contributed by atoms with Crippen LogP contribution in [0.5, 0.6) is 0 Å². The van der Waals surface area contributed by atoms with E-state index in [1.54, 1.807) is 6.08 Å². The van der Waals surface area contributed by atoms with Gasteiger partial charge in [-0.1, -0.05) is 43.0 Å². The molecular weight excluding hydrogens is 223 g/mol. The van der Waals surface area contributed by atoms with Gasteiger partial charge in [-0.3, -0.25) is 0 Å². The summed E-state index contributed by atoms with van der Waals surface area (Å²) in [5.74, 6) is 0. The third-order valence-electron chi connectivity index (χ3n) is 3.46. The predicted molar refractivity (Wildman–Crippen MR) is 78.3 cm³/mol. The molecule has 1 aliphatic heterocycles. The highest BCUT2D eigenvalue weighted by Gasteiger charge is 2.51. The first-order valence-corrected chi connectivity index (χ1v) is 6.21. The van der Waals surface area contributed by atoms with Crippen molar-refractivity contribution < 1.29 is 9.31 Å². The van der Waals surface area contributed by atoms with Gasteiger partial charge in [0.15, 0.2) is 0 Å². The quantitative estimate of drug-likeness (QED) is 0.553. The molecular formula is C15H23BO2. The second-order valence-electron chi connectivity index (χ2n) is 5.65. The van der Waals surface area contributed by atoms with E-state index in [-0.39, 0.29) is 18.3 Å². The fourth-order valence-corrected chi connectivity index (χ4v) is 1.62. The van der Waals surface area contributed by atoms with Crippen molar-refractivity contribution in [3.05, 3.63) is 48.5 Å².